The van der Waals surface area contributed by atoms with Crippen molar-refractivity contribution < 1.29 is 17.9 Å². The molecule has 0 radical (unpaired) electrons. The van der Waals surface area contributed by atoms with Gasteiger partial charge in [0.15, 0.2) is 0 Å². The van der Waals surface area contributed by atoms with E-state index in [1.807, 2.05) is 24.3 Å². The van der Waals surface area contributed by atoms with Crippen LogP contribution in [0.1, 0.15) is 12.8 Å². The molecule has 0 spiro atoms. The molecule has 1 aliphatic heterocycles. The highest BCUT2D eigenvalue weighted by molar-refractivity contribution is 7.99. The number of nitrogens with zero attached hydrogens (tertiary/aromatic N) is 2. The number of carbonyl (C=O) groups excluding carboxylic acids is 1. The average molecular weight is 402 g/mol. The molecule has 1 N–H and O–H groups in total. The lowest BCUT2D eigenvalue weighted by Gasteiger charge is -2.32. The Morgan fingerprint density at radius 2 is 2.04 bits per heavy atom. The SMILES string of the molecule is COc1ccc(SCCNC(=O)C2CCCN(S(=O)(=O)N(C)C)C2)cc1. The van der Waals surface area contributed by atoms with Gasteiger partial charge in [0.1, 0.15) is 5.75 Å². The van der Waals surface area contributed by atoms with Crippen LogP contribution in [0.2, 0.25) is 0 Å². The van der Waals surface area contributed by atoms with E-state index in [0.29, 0.717) is 19.5 Å². The number of piperidine rings is 1. The fourth-order valence-corrected chi connectivity index (χ4v) is 4.71. The van der Waals surface area contributed by atoms with Crippen LogP contribution in [0.25, 0.3) is 0 Å². The van der Waals surface area contributed by atoms with Gasteiger partial charge < -0.3 is 10.1 Å². The van der Waals surface area contributed by atoms with E-state index in [4.69, 9.17) is 4.74 Å². The molecule has 26 heavy (non-hydrogen) atoms. The van der Waals surface area contributed by atoms with Crippen LogP contribution < -0.4 is 10.1 Å². The zero-order chi connectivity index (χ0) is 19.2. The molecule has 1 unspecified atom stereocenters. The molecule has 0 aromatic heterocycles. The number of methoxy groups -OCH3 is 1. The van der Waals surface area contributed by atoms with Crippen molar-refractivity contribution in [3.05, 3.63) is 24.3 Å². The van der Waals surface area contributed by atoms with Gasteiger partial charge in [-0.05, 0) is 37.1 Å². The minimum atomic E-state index is -3.46. The van der Waals surface area contributed by atoms with E-state index < -0.39 is 10.2 Å². The molecule has 1 fully saturated rings. The van der Waals surface area contributed by atoms with Crippen LogP contribution in [-0.2, 0) is 15.0 Å². The Balaban J connectivity index is 1.76. The smallest absolute Gasteiger partial charge is 0.281 e. The molecule has 146 valence electrons. The van der Waals surface area contributed by atoms with Gasteiger partial charge in [-0.15, -0.1) is 11.8 Å². The number of carbonyl (C=O) groups is 1. The monoisotopic (exact) mass is 401 g/mol. The van der Waals surface area contributed by atoms with Crippen LogP contribution >= 0.6 is 11.8 Å². The summed E-state index contributed by atoms with van der Waals surface area (Å²) in [6.45, 7) is 1.27. The Labute approximate surface area is 160 Å². The van der Waals surface area contributed by atoms with E-state index in [-0.39, 0.29) is 18.4 Å². The number of thioether (sulfide) groups is 1. The van der Waals surface area contributed by atoms with E-state index in [9.17, 15) is 13.2 Å². The van der Waals surface area contributed by atoms with E-state index >= 15 is 0 Å². The number of hydrogen-bond donors (Lipinski definition) is 1. The highest BCUT2D eigenvalue weighted by Crippen LogP contribution is 2.22. The minimum absolute atomic E-state index is 0.0704. The second kappa shape index (κ2) is 9.59. The fourth-order valence-electron chi connectivity index (χ4n) is 2.76. The number of nitrogens with one attached hydrogen (secondary N) is 1. The predicted molar refractivity (Wildman–Crippen MR) is 104 cm³/mol. The van der Waals surface area contributed by atoms with Crippen molar-refractivity contribution in [2.75, 3.05) is 46.6 Å². The molecular weight excluding hydrogens is 374 g/mol. The average Bonchev–Trinajstić information content (AvgIpc) is 2.65. The Morgan fingerprint density at radius 1 is 1.35 bits per heavy atom. The van der Waals surface area contributed by atoms with Crippen LogP contribution in [0.15, 0.2) is 29.2 Å². The van der Waals surface area contributed by atoms with E-state index in [2.05, 4.69) is 5.32 Å². The van der Waals surface area contributed by atoms with Crippen molar-refractivity contribution in [3.63, 3.8) is 0 Å². The first-order chi connectivity index (χ1) is 12.3. The van der Waals surface area contributed by atoms with Crippen LogP contribution in [0.5, 0.6) is 5.75 Å². The van der Waals surface area contributed by atoms with E-state index in [1.165, 1.54) is 22.7 Å². The summed E-state index contributed by atoms with van der Waals surface area (Å²) in [5.74, 6) is 1.21. The largest absolute Gasteiger partial charge is 0.497 e. The van der Waals surface area contributed by atoms with Gasteiger partial charge in [-0.2, -0.15) is 17.0 Å². The van der Waals surface area contributed by atoms with Crippen molar-refractivity contribution in [3.8, 4) is 5.75 Å². The summed E-state index contributed by atoms with van der Waals surface area (Å²) in [7, 11) is 1.19. The zero-order valence-corrected chi connectivity index (χ0v) is 17.1. The summed E-state index contributed by atoms with van der Waals surface area (Å²) in [5.41, 5.74) is 0. The van der Waals surface area contributed by atoms with Crippen LogP contribution in [-0.4, -0.2) is 69.5 Å². The molecular formula is C17H27N3O4S2. The van der Waals surface area contributed by atoms with Gasteiger partial charge in [-0.1, -0.05) is 0 Å². The van der Waals surface area contributed by atoms with Gasteiger partial charge >= 0.3 is 0 Å². The van der Waals surface area contributed by atoms with Gasteiger partial charge in [-0.25, -0.2) is 0 Å². The highest BCUT2D eigenvalue weighted by Gasteiger charge is 2.33. The topological polar surface area (TPSA) is 79.0 Å². The number of ether oxygens (including phenoxy) is 1. The Morgan fingerprint density at radius 3 is 2.65 bits per heavy atom. The summed E-state index contributed by atoms with van der Waals surface area (Å²) in [5, 5.41) is 2.93. The lowest BCUT2D eigenvalue weighted by atomic mass is 9.99. The predicted octanol–water partition coefficient (Wildman–Crippen LogP) is 1.42. The maximum Gasteiger partial charge on any atom is 0.281 e. The quantitative estimate of drug-likeness (QED) is 0.527. The first-order valence-electron chi connectivity index (χ1n) is 8.56. The van der Waals surface area contributed by atoms with Gasteiger partial charge in [0, 0.05) is 44.4 Å². The van der Waals surface area contributed by atoms with Gasteiger partial charge in [0.25, 0.3) is 10.2 Å². The Kier molecular flexibility index (Phi) is 7.75. The first kappa shape index (κ1) is 21.0. The van der Waals surface area contributed by atoms with Crippen molar-refractivity contribution in [1.82, 2.24) is 13.9 Å². The van der Waals surface area contributed by atoms with Gasteiger partial charge in [0.05, 0.1) is 13.0 Å². The van der Waals surface area contributed by atoms with Gasteiger partial charge in [-0.3, -0.25) is 4.79 Å². The summed E-state index contributed by atoms with van der Waals surface area (Å²) in [6.07, 6.45) is 1.42. The molecule has 0 saturated carbocycles. The maximum absolute atomic E-state index is 12.4. The van der Waals surface area contributed by atoms with Crippen LogP contribution in [0.3, 0.4) is 0 Å². The highest BCUT2D eigenvalue weighted by atomic mass is 32.2. The van der Waals surface area contributed by atoms with Gasteiger partial charge in [0.2, 0.25) is 5.91 Å². The number of rotatable bonds is 8. The molecule has 9 heteroatoms. The second-order valence-corrected chi connectivity index (χ2v) is 9.61. The molecule has 1 saturated heterocycles. The molecule has 1 heterocycles. The molecule has 0 aliphatic carbocycles. The standard InChI is InChI=1S/C17H27N3O4S2/c1-19(2)26(22,23)20-11-4-5-14(13-20)17(21)18-10-12-25-16-8-6-15(24-3)7-9-16/h6-9,14H,4-5,10-13H2,1-3H3,(H,18,21). The Hall–Kier alpha value is -1.29. The third-order valence-electron chi connectivity index (χ3n) is 4.27. The van der Waals surface area contributed by atoms with Crippen molar-refractivity contribution in [2.45, 2.75) is 17.7 Å². The molecule has 2 rings (SSSR count). The third kappa shape index (κ3) is 5.60. The molecule has 7 nitrogen and oxygen atoms in total. The zero-order valence-electron chi connectivity index (χ0n) is 15.5. The fraction of sp³-hybridized carbons (Fsp3) is 0.588. The number of hydrogen-bond acceptors (Lipinski definition) is 5. The normalized spacial score (nSPS) is 18.7. The first-order valence-corrected chi connectivity index (χ1v) is 10.9. The van der Waals surface area contributed by atoms with Crippen molar-refractivity contribution in [1.29, 1.82) is 0 Å². The second-order valence-electron chi connectivity index (χ2n) is 6.30. The lowest BCUT2D eigenvalue weighted by molar-refractivity contribution is -0.125. The summed E-state index contributed by atoms with van der Waals surface area (Å²) < 4.78 is 32.2. The molecule has 0 bridgehead atoms. The van der Waals surface area contributed by atoms with Crippen LogP contribution in [0, 0.1) is 5.92 Å². The number of benzene rings is 1. The minimum Gasteiger partial charge on any atom is -0.497 e. The van der Waals surface area contributed by atoms with E-state index in [1.54, 1.807) is 18.9 Å². The molecule has 1 aliphatic rings. The molecule has 1 aromatic carbocycles. The van der Waals surface area contributed by atoms with Crippen LogP contribution in [0.4, 0.5) is 0 Å². The van der Waals surface area contributed by atoms with E-state index in [0.717, 1.165) is 22.8 Å². The van der Waals surface area contributed by atoms with Crippen molar-refractivity contribution in [2.24, 2.45) is 5.92 Å². The molecule has 1 aromatic rings. The summed E-state index contributed by atoms with van der Waals surface area (Å²) in [6, 6.07) is 7.78. The molecule has 1 atom stereocenters. The number of amides is 1. The maximum atomic E-state index is 12.4. The molecule has 1 amide bonds. The lowest BCUT2D eigenvalue weighted by Crippen LogP contribution is -2.49. The van der Waals surface area contributed by atoms with Crippen molar-refractivity contribution >= 4 is 27.9 Å². The Bertz CT molecular complexity index is 692. The summed E-state index contributed by atoms with van der Waals surface area (Å²) in [4.78, 5) is 13.5. The summed E-state index contributed by atoms with van der Waals surface area (Å²) >= 11 is 1.65. The third-order valence-corrected chi connectivity index (χ3v) is 7.19.